The average molecular weight is 354 g/mol. The number of aryl methyl sites for hydroxylation is 1. The number of benzene rings is 1. The molecule has 1 aromatic heterocycles. The van der Waals surface area contributed by atoms with E-state index in [1.807, 2.05) is 30.3 Å². The summed E-state index contributed by atoms with van der Waals surface area (Å²) < 4.78 is 26.9. The molecule has 0 fully saturated rings. The maximum atomic E-state index is 12.2. The van der Waals surface area contributed by atoms with Crippen molar-refractivity contribution in [1.82, 2.24) is 14.9 Å². The molecule has 2 rings (SSSR count). The molecule has 2 N–H and O–H groups in total. The van der Waals surface area contributed by atoms with Crippen molar-refractivity contribution in [1.29, 1.82) is 0 Å². The third kappa shape index (κ3) is 5.38. The van der Waals surface area contributed by atoms with Crippen LogP contribution in [0.4, 0.5) is 5.13 Å². The van der Waals surface area contributed by atoms with Crippen LogP contribution in [0.5, 0.6) is 0 Å². The van der Waals surface area contributed by atoms with Crippen LogP contribution in [0.3, 0.4) is 0 Å². The van der Waals surface area contributed by atoms with E-state index in [9.17, 15) is 13.2 Å². The molecule has 124 valence electrons. The fourth-order valence-corrected chi connectivity index (χ4v) is 4.16. The highest BCUT2D eigenvalue weighted by Crippen LogP contribution is 2.20. The number of anilines is 1. The number of sulfonamides is 1. The number of carbonyl (C=O) groups is 1. The molecule has 9 heteroatoms. The number of carbonyl (C=O) groups excluding carboxylic acids is 1. The quantitative estimate of drug-likeness (QED) is 0.738. The average Bonchev–Trinajstić information content (AvgIpc) is 2.94. The molecule has 0 aliphatic rings. The second kappa shape index (κ2) is 7.62. The largest absolute Gasteiger partial charge is 0.301 e. The number of rotatable bonds is 7. The highest BCUT2D eigenvalue weighted by atomic mass is 32.2. The lowest BCUT2D eigenvalue weighted by Crippen LogP contribution is -2.32. The van der Waals surface area contributed by atoms with Gasteiger partial charge in [0.25, 0.3) is 10.0 Å². The minimum absolute atomic E-state index is 0.159. The minimum Gasteiger partial charge on any atom is -0.301 e. The van der Waals surface area contributed by atoms with Gasteiger partial charge in [-0.3, -0.25) is 4.79 Å². The predicted molar refractivity (Wildman–Crippen MR) is 88.8 cm³/mol. The first-order valence-corrected chi connectivity index (χ1v) is 9.34. The van der Waals surface area contributed by atoms with Crippen LogP contribution in [0, 0.1) is 0 Å². The summed E-state index contributed by atoms with van der Waals surface area (Å²) in [5.41, 5.74) is 1.16. The first-order chi connectivity index (χ1) is 10.9. The Bertz CT molecular complexity index is 759. The number of nitrogens with zero attached hydrogens (tertiary/aromatic N) is 2. The molecular weight excluding hydrogens is 336 g/mol. The van der Waals surface area contributed by atoms with Crippen LogP contribution in [-0.2, 0) is 21.2 Å². The molecule has 1 unspecified atom stereocenters. The summed E-state index contributed by atoms with van der Waals surface area (Å²) in [4.78, 5) is 10.9. The second-order valence-electron chi connectivity index (χ2n) is 5.10. The van der Waals surface area contributed by atoms with Crippen molar-refractivity contribution in [2.75, 3.05) is 5.32 Å². The van der Waals surface area contributed by atoms with Crippen LogP contribution in [-0.4, -0.2) is 30.6 Å². The predicted octanol–water partition coefficient (Wildman–Crippen LogP) is 1.80. The third-order valence-corrected chi connectivity index (χ3v) is 5.78. The summed E-state index contributed by atoms with van der Waals surface area (Å²) in [6.07, 6.45) is 1.44. The Hall–Kier alpha value is -1.84. The third-order valence-electron chi connectivity index (χ3n) is 2.98. The van der Waals surface area contributed by atoms with Crippen molar-refractivity contribution in [3.63, 3.8) is 0 Å². The van der Waals surface area contributed by atoms with Gasteiger partial charge in [0.15, 0.2) is 0 Å². The van der Waals surface area contributed by atoms with Crippen molar-refractivity contribution in [2.24, 2.45) is 0 Å². The summed E-state index contributed by atoms with van der Waals surface area (Å²) in [7, 11) is -3.74. The van der Waals surface area contributed by atoms with E-state index in [0.717, 1.165) is 23.3 Å². The van der Waals surface area contributed by atoms with Gasteiger partial charge >= 0.3 is 0 Å². The monoisotopic (exact) mass is 354 g/mol. The lowest BCUT2D eigenvalue weighted by atomic mass is 10.1. The Morgan fingerprint density at radius 1 is 1.26 bits per heavy atom. The van der Waals surface area contributed by atoms with Crippen LogP contribution >= 0.6 is 11.3 Å². The maximum Gasteiger partial charge on any atom is 0.270 e. The number of aromatic nitrogens is 2. The highest BCUT2D eigenvalue weighted by Gasteiger charge is 2.22. The summed E-state index contributed by atoms with van der Waals surface area (Å²) in [5.74, 6) is -0.325. The van der Waals surface area contributed by atoms with Gasteiger partial charge in [0.2, 0.25) is 15.4 Å². The molecule has 1 atom stereocenters. The molecule has 0 saturated carbocycles. The van der Waals surface area contributed by atoms with Crippen LogP contribution in [0.1, 0.15) is 25.8 Å². The topological polar surface area (TPSA) is 101 Å². The number of amides is 1. The van der Waals surface area contributed by atoms with Gasteiger partial charge in [0.1, 0.15) is 0 Å². The Morgan fingerprint density at radius 2 is 1.96 bits per heavy atom. The zero-order valence-corrected chi connectivity index (χ0v) is 14.4. The lowest BCUT2D eigenvalue weighted by Gasteiger charge is -2.12. The van der Waals surface area contributed by atoms with Gasteiger partial charge in [-0.2, -0.15) is 0 Å². The number of nitrogens with one attached hydrogen (secondary N) is 2. The fourth-order valence-electron chi connectivity index (χ4n) is 1.92. The molecular formula is C14H18N4O3S2. The van der Waals surface area contributed by atoms with E-state index >= 15 is 0 Å². The molecule has 0 aliphatic carbocycles. The van der Waals surface area contributed by atoms with Crippen LogP contribution in [0.15, 0.2) is 34.7 Å². The second-order valence-corrected chi connectivity index (χ2v) is 7.97. The Balaban J connectivity index is 1.94. The molecule has 0 bridgehead atoms. The van der Waals surface area contributed by atoms with Gasteiger partial charge < -0.3 is 5.32 Å². The SMILES string of the molecule is CC(=O)Nc1nnc(S(=O)(=O)NC(C)CCc2ccccc2)s1. The lowest BCUT2D eigenvalue weighted by molar-refractivity contribution is -0.114. The van der Waals surface area contributed by atoms with E-state index in [0.29, 0.717) is 6.42 Å². The van der Waals surface area contributed by atoms with Crippen molar-refractivity contribution >= 4 is 32.4 Å². The Labute approximate surface area is 139 Å². The van der Waals surface area contributed by atoms with E-state index in [1.165, 1.54) is 6.92 Å². The summed E-state index contributed by atoms with van der Waals surface area (Å²) in [6, 6.07) is 9.62. The van der Waals surface area contributed by atoms with Crippen molar-refractivity contribution < 1.29 is 13.2 Å². The molecule has 2 aromatic rings. The highest BCUT2D eigenvalue weighted by molar-refractivity contribution is 7.91. The van der Waals surface area contributed by atoms with E-state index < -0.39 is 10.0 Å². The van der Waals surface area contributed by atoms with Crippen LogP contribution < -0.4 is 10.0 Å². The zero-order valence-electron chi connectivity index (χ0n) is 12.8. The molecule has 23 heavy (non-hydrogen) atoms. The molecule has 0 saturated heterocycles. The Morgan fingerprint density at radius 3 is 2.61 bits per heavy atom. The summed E-state index contributed by atoms with van der Waals surface area (Å²) >= 11 is 0.820. The van der Waals surface area contributed by atoms with E-state index in [4.69, 9.17) is 0 Å². The van der Waals surface area contributed by atoms with Crippen molar-refractivity contribution in [3.8, 4) is 0 Å². The first kappa shape index (κ1) is 17.5. The summed E-state index contributed by atoms with van der Waals surface area (Å²) in [6.45, 7) is 3.12. The smallest absolute Gasteiger partial charge is 0.270 e. The van der Waals surface area contributed by atoms with Gasteiger partial charge in [-0.1, -0.05) is 41.7 Å². The molecule has 0 radical (unpaired) electrons. The van der Waals surface area contributed by atoms with Crippen LogP contribution in [0.2, 0.25) is 0 Å². The van der Waals surface area contributed by atoms with Gasteiger partial charge in [-0.25, -0.2) is 13.1 Å². The van der Waals surface area contributed by atoms with Gasteiger partial charge in [-0.15, -0.1) is 10.2 Å². The molecule has 1 heterocycles. The number of hydrogen-bond donors (Lipinski definition) is 2. The van der Waals surface area contributed by atoms with Crippen LogP contribution in [0.25, 0.3) is 0 Å². The molecule has 1 aromatic carbocycles. The van der Waals surface area contributed by atoms with E-state index in [2.05, 4.69) is 20.2 Å². The normalized spacial score (nSPS) is 12.8. The first-order valence-electron chi connectivity index (χ1n) is 7.04. The van der Waals surface area contributed by atoms with Crippen molar-refractivity contribution in [2.45, 2.75) is 37.1 Å². The molecule has 0 spiro atoms. The van der Waals surface area contributed by atoms with Gasteiger partial charge in [0.05, 0.1) is 0 Å². The van der Waals surface area contributed by atoms with Gasteiger partial charge in [-0.05, 0) is 25.3 Å². The molecule has 1 amide bonds. The minimum atomic E-state index is -3.74. The fraction of sp³-hybridized carbons (Fsp3) is 0.357. The zero-order chi connectivity index (χ0) is 16.9. The van der Waals surface area contributed by atoms with Crippen molar-refractivity contribution in [3.05, 3.63) is 35.9 Å². The molecule has 0 aliphatic heterocycles. The van der Waals surface area contributed by atoms with Gasteiger partial charge in [0, 0.05) is 13.0 Å². The molecule has 7 nitrogen and oxygen atoms in total. The Kier molecular flexibility index (Phi) is 5.80. The summed E-state index contributed by atoms with van der Waals surface area (Å²) in [5, 5.41) is 9.83. The number of hydrogen-bond acceptors (Lipinski definition) is 6. The standard InChI is InChI=1S/C14H18N4O3S2/c1-10(8-9-12-6-4-3-5-7-12)18-23(20,21)14-17-16-13(22-14)15-11(2)19/h3-7,10,18H,8-9H2,1-2H3,(H,15,16,19). The van der Waals surface area contributed by atoms with E-state index in [1.54, 1.807) is 6.92 Å². The van der Waals surface area contributed by atoms with E-state index in [-0.39, 0.29) is 21.4 Å². The maximum absolute atomic E-state index is 12.2.